The average Bonchev–Trinajstić information content (AvgIpc) is 2.73. The summed E-state index contributed by atoms with van der Waals surface area (Å²) < 4.78 is 5.11. The molecule has 5 nitrogen and oxygen atoms in total. The third-order valence-electron chi connectivity index (χ3n) is 2.59. The summed E-state index contributed by atoms with van der Waals surface area (Å²) in [5.41, 5.74) is 8.32. The van der Waals surface area contributed by atoms with Crippen LogP contribution in [0.3, 0.4) is 0 Å². The van der Waals surface area contributed by atoms with Crippen molar-refractivity contribution in [2.45, 2.75) is 19.3 Å². The van der Waals surface area contributed by atoms with Crippen molar-refractivity contribution < 1.29 is 9.94 Å². The largest absolute Gasteiger partial charge is 0.480 e. The van der Waals surface area contributed by atoms with Crippen molar-refractivity contribution in [3.63, 3.8) is 0 Å². The summed E-state index contributed by atoms with van der Waals surface area (Å²) in [7, 11) is 1.53. The van der Waals surface area contributed by atoms with Crippen LogP contribution in [0.25, 0.3) is 0 Å². The van der Waals surface area contributed by atoms with Crippen LogP contribution in [0.4, 0.5) is 0 Å². The van der Waals surface area contributed by atoms with Gasteiger partial charge in [0.1, 0.15) is 0 Å². The van der Waals surface area contributed by atoms with E-state index in [0.29, 0.717) is 11.4 Å². The number of hydrogen-bond donors (Lipinski definition) is 2. The number of aryl methyl sites for hydroxylation is 2. The Labute approximate surface area is 87.6 Å². The van der Waals surface area contributed by atoms with E-state index in [1.165, 1.54) is 7.11 Å². The van der Waals surface area contributed by atoms with E-state index in [1.807, 2.05) is 6.07 Å². The Bertz CT molecular complexity index is 415. The van der Waals surface area contributed by atoms with Gasteiger partial charge in [-0.05, 0) is 30.9 Å². The molecule has 3 N–H and O–H groups in total. The summed E-state index contributed by atoms with van der Waals surface area (Å²) in [6.45, 7) is 0. The van der Waals surface area contributed by atoms with Crippen LogP contribution in [0, 0.1) is 0 Å². The van der Waals surface area contributed by atoms with Crippen LogP contribution in [0.2, 0.25) is 0 Å². The highest BCUT2D eigenvalue weighted by Gasteiger charge is 2.18. The number of pyridine rings is 1. The Balaban J connectivity index is 2.53. The van der Waals surface area contributed by atoms with Gasteiger partial charge in [0.2, 0.25) is 5.88 Å². The van der Waals surface area contributed by atoms with Crippen LogP contribution in [-0.4, -0.2) is 23.1 Å². The number of oxime groups is 1. The number of fused-ring (bicyclic) bond motifs is 1. The van der Waals surface area contributed by atoms with Gasteiger partial charge in [0.15, 0.2) is 5.84 Å². The van der Waals surface area contributed by atoms with E-state index >= 15 is 0 Å². The fourth-order valence-corrected chi connectivity index (χ4v) is 1.85. The zero-order valence-corrected chi connectivity index (χ0v) is 8.53. The van der Waals surface area contributed by atoms with Gasteiger partial charge in [0.05, 0.1) is 12.7 Å². The van der Waals surface area contributed by atoms with Crippen LogP contribution < -0.4 is 10.5 Å². The predicted octanol–water partition coefficient (Wildman–Crippen LogP) is 0.673. The van der Waals surface area contributed by atoms with Crippen molar-refractivity contribution in [3.8, 4) is 5.88 Å². The van der Waals surface area contributed by atoms with E-state index in [1.54, 1.807) is 0 Å². The van der Waals surface area contributed by atoms with Crippen LogP contribution in [0.15, 0.2) is 11.2 Å². The minimum Gasteiger partial charge on any atom is -0.480 e. The Hall–Kier alpha value is -1.78. The first-order valence-electron chi connectivity index (χ1n) is 4.81. The lowest BCUT2D eigenvalue weighted by molar-refractivity contribution is 0.318. The van der Waals surface area contributed by atoms with Gasteiger partial charge in [-0.1, -0.05) is 5.16 Å². The van der Waals surface area contributed by atoms with Crippen molar-refractivity contribution >= 4 is 5.84 Å². The maximum Gasteiger partial charge on any atom is 0.224 e. The number of methoxy groups -OCH3 is 1. The summed E-state index contributed by atoms with van der Waals surface area (Å²) in [5, 5.41) is 11.6. The van der Waals surface area contributed by atoms with Crippen LogP contribution >= 0.6 is 0 Å². The molecule has 1 heterocycles. The van der Waals surface area contributed by atoms with Gasteiger partial charge in [-0.25, -0.2) is 4.98 Å². The summed E-state index contributed by atoms with van der Waals surface area (Å²) in [6, 6.07) is 1.89. The molecular weight excluding hydrogens is 194 g/mol. The van der Waals surface area contributed by atoms with E-state index in [-0.39, 0.29) is 5.84 Å². The highest BCUT2D eigenvalue weighted by Crippen LogP contribution is 2.26. The molecule has 0 saturated heterocycles. The monoisotopic (exact) mass is 207 g/mol. The summed E-state index contributed by atoms with van der Waals surface area (Å²) in [6.07, 6.45) is 3.07. The average molecular weight is 207 g/mol. The van der Waals surface area contributed by atoms with Gasteiger partial charge in [0.25, 0.3) is 0 Å². The lowest BCUT2D eigenvalue weighted by Crippen LogP contribution is -2.16. The Kier molecular flexibility index (Phi) is 2.45. The van der Waals surface area contributed by atoms with Gasteiger partial charge in [-0.2, -0.15) is 0 Å². The second-order valence-corrected chi connectivity index (χ2v) is 3.49. The molecule has 2 rings (SSSR count). The van der Waals surface area contributed by atoms with Gasteiger partial charge >= 0.3 is 0 Å². The third-order valence-corrected chi connectivity index (χ3v) is 2.59. The SMILES string of the molecule is COc1nc2c(cc1C(N)=NO)CCC2. The molecule has 1 aliphatic rings. The summed E-state index contributed by atoms with van der Waals surface area (Å²) in [5.74, 6) is 0.458. The molecule has 0 aromatic carbocycles. The fraction of sp³-hybridized carbons (Fsp3) is 0.400. The molecule has 5 heteroatoms. The third kappa shape index (κ3) is 1.60. The number of aromatic nitrogens is 1. The number of ether oxygens (including phenoxy) is 1. The molecule has 0 radical (unpaired) electrons. The van der Waals surface area contributed by atoms with Crippen LogP contribution in [-0.2, 0) is 12.8 Å². The second-order valence-electron chi connectivity index (χ2n) is 3.49. The first-order chi connectivity index (χ1) is 7.26. The molecule has 80 valence electrons. The maximum atomic E-state index is 8.64. The fourth-order valence-electron chi connectivity index (χ4n) is 1.85. The highest BCUT2D eigenvalue weighted by molar-refractivity contribution is 5.99. The second kappa shape index (κ2) is 3.76. The lowest BCUT2D eigenvalue weighted by Gasteiger charge is -2.08. The van der Waals surface area contributed by atoms with Gasteiger partial charge < -0.3 is 15.7 Å². The number of nitrogens with zero attached hydrogens (tertiary/aromatic N) is 2. The molecule has 0 unspecified atom stereocenters. The zero-order valence-electron chi connectivity index (χ0n) is 8.53. The van der Waals surface area contributed by atoms with E-state index in [9.17, 15) is 0 Å². The lowest BCUT2D eigenvalue weighted by atomic mass is 10.1. The molecule has 1 aliphatic carbocycles. The van der Waals surface area contributed by atoms with E-state index in [4.69, 9.17) is 15.7 Å². The topological polar surface area (TPSA) is 80.7 Å². The van der Waals surface area contributed by atoms with E-state index < -0.39 is 0 Å². The molecule has 0 spiro atoms. The zero-order chi connectivity index (χ0) is 10.8. The van der Waals surface area contributed by atoms with Crippen molar-refractivity contribution in [1.29, 1.82) is 0 Å². The molecule has 0 aliphatic heterocycles. The molecule has 0 atom stereocenters. The first kappa shape index (κ1) is 9.76. The summed E-state index contributed by atoms with van der Waals surface area (Å²) in [4.78, 5) is 4.35. The predicted molar refractivity (Wildman–Crippen MR) is 55.3 cm³/mol. The molecule has 15 heavy (non-hydrogen) atoms. The smallest absolute Gasteiger partial charge is 0.224 e. The van der Waals surface area contributed by atoms with Crippen molar-refractivity contribution in [1.82, 2.24) is 4.98 Å². The quantitative estimate of drug-likeness (QED) is 0.323. The molecular formula is C10H13N3O2. The highest BCUT2D eigenvalue weighted by atomic mass is 16.5. The summed E-state index contributed by atoms with van der Waals surface area (Å²) >= 11 is 0. The maximum absolute atomic E-state index is 8.64. The number of nitrogens with two attached hydrogens (primary N) is 1. The van der Waals surface area contributed by atoms with Crippen molar-refractivity contribution in [3.05, 3.63) is 22.9 Å². The van der Waals surface area contributed by atoms with Crippen LogP contribution in [0.5, 0.6) is 5.88 Å². The Morgan fingerprint density at radius 1 is 1.60 bits per heavy atom. The van der Waals surface area contributed by atoms with Crippen LogP contribution in [0.1, 0.15) is 23.2 Å². The molecule has 0 amide bonds. The molecule has 0 saturated carbocycles. The molecule has 0 bridgehead atoms. The van der Waals surface area contributed by atoms with Gasteiger partial charge in [0, 0.05) is 5.69 Å². The molecule has 1 aromatic rings. The normalized spacial score (nSPS) is 15.1. The number of amidine groups is 1. The molecule has 0 fully saturated rings. The number of hydrogen-bond acceptors (Lipinski definition) is 4. The minimum atomic E-state index is 0.0362. The van der Waals surface area contributed by atoms with Gasteiger partial charge in [-0.3, -0.25) is 0 Å². The first-order valence-corrected chi connectivity index (χ1v) is 4.81. The Morgan fingerprint density at radius 3 is 3.07 bits per heavy atom. The van der Waals surface area contributed by atoms with E-state index in [2.05, 4.69) is 10.1 Å². The standard InChI is InChI=1S/C10H13N3O2/c1-15-10-7(9(11)13-14)5-6-3-2-4-8(6)12-10/h5,14H,2-4H2,1H3,(H2,11,13). The number of rotatable bonds is 2. The minimum absolute atomic E-state index is 0.0362. The van der Waals surface area contributed by atoms with E-state index in [0.717, 1.165) is 30.5 Å². The Morgan fingerprint density at radius 2 is 2.40 bits per heavy atom. The van der Waals surface area contributed by atoms with Gasteiger partial charge in [-0.15, -0.1) is 0 Å². The van der Waals surface area contributed by atoms with Crippen molar-refractivity contribution in [2.75, 3.05) is 7.11 Å². The van der Waals surface area contributed by atoms with Crippen molar-refractivity contribution in [2.24, 2.45) is 10.9 Å². The molecule has 1 aromatic heterocycles.